The Morgan fingerprint density at radius 2 is 1.94 bits per heavy atom. The molecule has 31 heavy (non-hydrogen) atoms. The fraction of sp³-hybridized carbons (Fsp3) is 0.636. The second-order valence-electron chi connectivity index (χ2n) is 8.51. The van der Waals surface area contributed by atoms with E-state index >= 15 is 0 Å². The Morgan fingerprint density at radius 3 is 2.52 bits per heavy atom. The molecule has 2 unspecified atom stereocenters. The molecule has 174 valence electrons. The summed E-state index contributed by atoms with van der Waals surface area (Å²) in [6, 6.07) is 2.83. The molecule has 7 nitrogen and oxygen atoms in total. The van der Waals surface area contributed by atoms with Crippen LogP contribution in [0, 0.1) is 11.8 Å². The van der Waals surface area contributed by atoms with Crippen molar-refractivity contribution in [1.29, 1.82) is 0 Å². The molecular weight excluding hydrogens is 445 g/mol. The zero-order valence-corrected chi connectivity index (χ0v) is 20.4. The maximum atomic E-state index is 13.1. The fourth-order valence-electron chi connectivity index (χ4n) is 3.60. The third-order valence-electron chi connectivity index (χ3n) is 5.09. The maximum absolute atomic E-state index is 13.1. The van der Waals surface area contributed by atoms with E-state index in [1.54, 1.807) is 51.7 Å². The number of ether oxygens (including phenoxy) is 4. The van der Waals surface area contributed by atoms with Crippen molar-refractivity contribution in [1.82, 2.24) is 4.90 Å². The van der Waals surface area contributed by atoms with Crippen molar-refractivity contribution in [3.63, 3.8) is 0 Å². The molecule has 1 fully saturated rings. The molecule has 1 aromatic rings. The third kappa shape index (κ3) is 6.40. The molecule has 1 saturated heterocycles. The highest BCUT2D eigenvalue weighted by Gasteiger charge is 2.44. The lowest BCUT2D eigenvalue weighted by Gasteiger charge is -2.30. The summed E-state index contributed by atoms with van der Waals surface area (Å²) in [5.74, 6) is -0.400. The number of methoxy groups -OCH3 is 1. The topological polar surface area (TPSA) is 74.3 Å². The average Bonchev–Trinajstić information content (AvgIpc) is 3.12. The zero-order valence-electron chi connectivity index (χ0n) is 18.9. The molecular formula is C22H31Cl2NO6. The molecule has 0 radical (unpaired) electrons. The normalized spacial score (nSPS) is 19.8. The van der Waals surface area contributed by atoms with Crippen LogP contribution in [0.3, 0.4) is 0 Å². The van der Waals surface area contributed by atoms with E-state index in [0.29, 0.717) is 40.9 Å². The molecule has 9 heteroatoms. The van der Waals surface area contributed by atoms with Gasteiger partial charge in [0.05, 0.1) is 28.6 Å². The van der Waals surface area contributed by atoms with Crippen LogP contribution in [0.15, 0.2) is 12.1 Å². The molecule has 1 heterocycles. The Bertz CT molecular complexity index is 795. The van der Waals surface area contributed by atoms with Crippen molar-refractivity contribution in [2.45, 2.75) is 52.7 Å². The molecule has 1 amide bonds. The SMILES string of the molecule is CCOC(=O)C(C)C1C[C@H](c2c(OCOC)ccc(Cl)c2Cl)N(C(=O)OC(C)(C)C)C1. The zero-order chi connectivity index (χ0) is 23.3. The summed E-state index contributed by atoms with van der Waals surface area (Å²) in [5, 5.41) is 0.630. The second kappa shape index (κ2) is 10.7. The number of hydrogen-bond acceptors (Lipinski definition) is 6. The van der Waals surface area contributed by atoms with E-state index in [2.05, 4.69) is 0 Å². The van der Waals surface area contributed by atoms with Crippen molar-refractivity contribution in [2.24, 2.45) is 11.8 Å². The first kappa shape index (κ1) is 25.6. The van der Waals surface area contributed by atoms with Gasteiger partial charge in [-0.2, -0.15) is 0 Å². The minimum Gasteiger partial charge on any atom is -0.467 e. The average molecular weight is 476 g/mol. The third-order valence-corrected chi connectivity index (χ3v) is 5.90. The van der Waals surface area contributed by atoms with Gasteiger partial charge < -0.3 is 23.8 Å². The lowest BCUT2D eigenvalue weighted by molar-refractivity contribution is -0.149. The van der Waals surface area contributed by atoms with Crippen LogP contribution in [-0.4, -0.2) is 49.6 Å². The number of nitrogens with zero attached hydrogens (tertiary/aromatic N) is 1. The van der Waals surface area contributed by atoms with Crippen molar-refractivity contribution < 1.29 is 28.5 Å². The molecule has 1 aromatic carbocycles. The highest BCUT2D eigenvalue weighted by Crippen LogP contribution is 2.47. The predicted molar refractivity (Wildman–Crippen MR) is 119 cm³/mol. The van der Waals surface area contributed by atoms with Crippen LogP contribution >= 0.6 is 23.2 Å². The molecule has 0 aromatic heterocycles. The Balaban J connectivity index is 2.47. The van der Waals surface area contributed by atoms with E-state index < -0.39 is 23.7 Å². The van der Waals surface area contributed by atoms with E-state index in [1.165, 1.54) is 7.11 Å². The van der Waals surface area contributed by atoms with Gasteiger partial charge in [-0.3, -0.25) is 4.79 Å². The minimum absolute atomic E-state index is 0.00672. The number of carbonyl (C=O) groups excluding carboxylic acids is 2. The van der Waals surface area contributed by atoms with Gasteiger partial charge in [0, 0.05) is 19.2 Å². The summed E-state index contributed by atoms with van der Waals surface area (Å²) < 4.78 is 21.6. The van der Waals surface area contributed by atoms with Gasteiger partial charge in [0.15, 0.2) is 6.79 Å². The van der Waals surface area contributed by atoms with E-state index in [4.69, 9.17) is 42.1 Å². The first-order valence-corrected chi connectivity index (χ1v) is 11.0. The lowest BCUT2D eigenvalue weighted by atomic mass is 9.90. The standard InChI is InChI=1S/C22H31Cl2NO6/c1-7-29-20(26)13(2)14-10-16(25(11-14)21(27)31-22(3,4)5)18-17(30-12-28-6)9-8-15(23)19(18)24/h8-9,13-14,16H,7,10-12H2,1-6H3/t13?,14?,16-/m1/s1. The summed E-state index contributed by atoms with van der Waals surface area (Å²) >= 11 is 12.9. The number of rotatable bonds is 7. The quantitative estimate of drug-likeness (QED) is 0.384. The molecule has 0 saturated carbocycles. The number of amides is 1. The van der Waals surface area contributed by atoms with Crippen molar-refractivity contribution >= 4 is 35.3 Å². The van der Waals surface area contributed by atoms with Crippen molar-refractivity contribution in [3.8, 4) is 5.75 Å². The summed E-state index contributed by atoms with van der Waals surface area (Å²) in [6.07, 6.45) is -0.0207. The highest BCUT2D eigenvalue weighted by atomic mass is 35.5. The molecule has 0 bridgehead atoms. The number of halogens is 2. The number of carbonyl (C=O) groups is 2. The Labute approximate surface area is 193 Å². The lowest BCUT2D eigenvalue weighted by Crippen LogP contribution is -2.37. The molecule has 0 spiro atoms. The van der Waals surface area contributed by atoms with Crippen molar-refractivity contribution in [3.05, 3.63) is 27.7 Å². The Kier molecular flexibility index (Phi) is 8.86. The highest BCUT2D eigenvalue weighted by molar-refractivity contribution is 6.42. The maximum Gasteiger partial charge on any atom is 0.410 e. The first-order chi connectivity index (χ1) is 14.5. The summed E-state index contributed by atoms with van der Waals surface area (Å²) in [5.41, 5.74) is -0.115. The van der Waals surface area contributed by atoms with E-state index in [1.807, 2.05) is 0 Å². The molecule has 1 aliphatic heterocycles. The summed E-state index contributed by atoms with van der Waals surface area (Å²) in [7, 11) is 1.51. The van der Waals surface area contributed by atoms with Crippen molar-refractivity contribution in [2.75, 3.05) is 27.1 Å². The van der Waals surface area contributed by atoms with Gasteiger partial charge in [-0.25, -0.2) is 4.79 Å². The Morgan fingerprint density at radius 1 is 1.26 bits per heavy atom. The monoisotopic (exact) mass is 475 g/mol. The van der Waals surface area contributed by atoms with Crippen LogP contribution in [0.25, 0.3) is 0 Å². The largest absolute Gasteiger partial charge is 0.467 e. The molecule has 1 aliphatic rings. The van der Waals surface area contributed by atoms with Crippen LogP contribution in [0.1, 0.15) is 52.6 Å². The predicted octanol–water partition coefficient (Wildman–Crippen LogP) is 5.47. The molecule has 0 N–H and O–H groups in total. The fourth-order valence-corrected chi connectivity index (χ4v) is 4.05. The van der Waals surface area contributed by atoms with Crippen LogP contribution in [0.4, 0.5) is 4.79 Å². The minimum atomic E-state index is -0.681. The number of hydrogen-bond donors (Lipinski definition) is 0. The van der Waals surface area contributed by atoms with Gasteiger partial charge in [0.1, 0.15) is 11.4 Å². The van der Waals surface area contributed by atoms with E-state index in [-0.39, 0.29) is 18.7 Å². The van der Waals surface area contributed by atoms with Gasteiger partial charge in [-0.05, 0) is 52.2 Å². The number of esters is 1. The van der Waals surface area contributed by atoms with Gasteiger partial charge in [0.25, 0.3) is 0 Å². The van der Waals surface area contributed by atoms with Gasteiger partial charge >= 0.3 is 12.1 Å². The smallest absolute Gasteiger partial charge is 0.410 e. The van der Waals surface area contributed by atoms with Gasteiger partial charge in [0.2, 0.25) is 0 Å². The van der Waals surface area contributed by atoms with Crippen LogP contribution in [0.2, 0.25) is 10.0 Å². The van der Waals surface area contributed by atoms with Gasteiger partial charge in [-0.15, -0.1) is 0 Å². The van der Waals surface area contributed by atoms with Crippen LogP contribution in [0.5, 0.6) is 5.75 Å². The van der Waals surface area contributed by atoms with Crippen LogP contribution in [-0.2, 0) is 19.0 Å². The molecule has 0 aliphatic carbocycles. The van der Waals surface area contributed by atoms with Crippen LogP contribution < -0.4 is 4.74 Å². The molecule has 2 rings (SSSR count). The molecule has 3 atom stereocenters. The first-order valence-electron chi connectivity index (χ1n) is 10.3. The number of likely N-dealkylation sites (tertiary alicyclic amines) is 1. The second-order valence-corrected chi connectivity index (χ2v) is 9.29. The number of benzene rings is 1. The Hall–Kier alpha value is -1.70. The van der Waals surface area contributed by atoms with E-state index in [0.717, 1.165) is 0 Å². The van der Waals surface area contributed by atoms with Gasteiger partial charge in [-0.1, -0.05) is 30.1 Å². The summed E-state index contributed by atoms with van der Waals surface area (Å²) in [4.78, 5) is 27.0. The van der Waals surface area contributed by atoms with E-state index in [9.17, 15) is 9.59 Å². The summed E-state index contributed by atoms with van der Waals surface area (Å²) in [6.45, 7) is 9.58.